The number of rotatable bonds is 6. The van der Waals surface area contributed by atoms with Crippen molar-refractivity contribution in [1.82, 2.24) is 5.32 Å². The summed E-state index contributed by atoms with van der Waals surface area (Å²) in [4.78, 5) is 12.1. The molecule has 0 fully saturated rings. The van der Waals surface area contributed by atoms with E-state index in [2.05, 4.69) is 11.4 Å². The number of ether oxygens (including phenoxy) is 2. The molecular formula is C19H23NO3. The Kier molecular flexibility index (Phi) is 5.63. The molecule has 0 aliphatic heterocycles. The molecule has 122 valence electrons. The van der Waals surface area contributed by atoms with Gasteiger partial charge in [0.15, 0.2) is 0 Å². The summed E-state index contributed by atoms with van der Waals surface area (Å²) in [6.45, 7) is 4.52. The van der Waals surface area contributed by atoms with Crippen molar-refractivity contribution in [3.8, 4) is 11.5 Å². The molecule has 23 heavy (non-hydrogen) atoms. The minimum absolute atomic E-state index is 0.0165. The van der Waals surface area contributed by atoms with Gasteiger partial charge in [-0.1, -0.05) is 18.2 Å². The lowest BCUT2D eigenvalue weighted by atomic mass is 10.0. The zero-order chi connectivity index (χ0) is 16.8. The van der Waals surface area contributed by atoms with E-state index in [0.29, 0.717) is 13.0 Å². The molecule has 2 aromatic rings. The molecule has 1 amide bonds. The van der Waals surface area contributed by atoms with Crippen LogP contribution in [0.15, 0.2) is 36.4 Å². The maximum Gasteiger partial charge on any atom is 0.224 e. The van der Waals surface area contributed by atoms with Crippen molar-refractivity contribution < 1.29 is 14.3 Å². The molecule has 0 aliphatic rings. The highest BCUT2D eigenvalue weighted by Gasteiger charge is 2.10. The number of hydrogen-bond donors (Lipinski definition) is 1. The summed E-state index contributed by atoms with van der Waals surface area (Å²) in [7, 11) is 3.27. The Morgan fingerprint density at radius 3 is 2.35 bits per heavy atom. The highest BCUT2D eigenvalue weighted by atomic mass is 16.5. The maximum atomic E-state index is 12.1. The number of nitrogens with one attached hydrogen (secondary N) is 1. The lowest BCUT2D eigenvalue weighted by Crippen LogP contribution is -2.25. The van der Waals surface area contributed by atoms with Gasteiger partial charge in [-0.3, -0.25) is 4.79 Å². The van der Waals surface area contributed by atoms with Gasteiger partial charge in [-0.2, -0.15) is 0 Å². The quantitative estimate of drug-likeness (QED) is 0.891. The van der Waals surface area contributed by atoms with Gasteiger partial charge in [0.1, 0.15) is 11.5 Å². The fraction of sp³-hybridized carbons (Fsp3) is 0.316. The maximum absolute atomic E-state index is 12.1. The molecule has 0 radical (unpaired) electrons. The van der Waals surface area contributed by atoms with E-state index >= 15 is 0 Å². The first-order valence-corrected chi connectivity index (χ1v) is 7.57. The number of aryl methyl sites for hydroxylation is 2. The zero-order valence-electron chi connectivity index (χ0n) is 14.1. The van der Waals surface area contributed by atoms with E-state index in [0.717, 1.165) is 33.8 Å². The van der Waals surface area contributed by atoms with Crippen LogP contribution >= 0.6 is 0 Å². The first-order valence-electron chi connectivity index (χ1n) is 7.57. The molecular weight excluding hydrogens is 290 g/mol. The first kappa shape index (κ1) is 16.9. The molecule has 0 heterocycles. The summed E-state index contributed by atoms with van der Waals surface area (Å²) >= 11 is 0. The summed E-state index contributed by atoms with van der Waals surface area (Å²) in [6.07, 6.45) is 0.344. The lowest BCUT2D eigenvalue weighted by Gasteiger charge is -2.14. The fourth-order valence-corrected chi connectivity index (χ4v) is 2.55. The van der Waals surface area contributed by atoms with E-state index in [-0.39, 0.29) is 5.91 Å². The van der Waals surface area contributed by atoms with Gasteiger partial charge in [-0.25, -0.2) is 0 Å². The largest absolute Gasteiger partial charge is 0.497 e. The summed E-state index contributed by atoms with van der Waals surface area (Å²) in [5, 5.41) is 2.96. The Hall–Kier alpha value is -2.49. The average Bonchev–Trinajstić information content (AvgIpc) is 2.54. The number of hydrogen-bond acceptors (Lipinski definition) is 3. The summed E-state index contributed by atoms with van der Waals surface area (Å²) < 4.78 is 10.5. The smallest absolute Gasteiger partial charge is 0.224 e. The van der Waals surface area contributed by atoms with Crippen molar-refractivity contribution in [3.05, 3.63) is 58.7 Å². The lowest BCUT2D eigenvalue weighted by molar-refractivity contribution is -0.120. The predicted molar refractivity (Wildman–Crippen MR) is 91.0 cm³/mol. The first-order chi connectivity index (χ1) is 11.0. The number of carbonyl (C=O) groups is 1. The molecule has 0 saturated carbocycles. The third-order valence-electron chi connectivity index (χ3n) is 3.78. The van der Waals surface area contributed by atoms with Crippen LogP contribution in [0, 0.1) is 13.8 Å². The van der Waals surface area contributed by atoms with Gasteiger partial charge in [-0.15, -0.1) is 0 Å². The SMILES string of the molecule is COc1ccc(CC(=O)NCc2c(C)cc(C)cc2OC)cc1. The van der Waals surface area contributed by atoms with Crippen molar-refractivity contribution in [1.29, 1.82) is 0 Å². The molecule has 1 N–H and O–H groups in total. The molecule has 0 spiro atoms. The van der Waals surface area contributed by atoms with E-state index < -0.39 is 0 Å². The summed E-state index contributed by atoms with van der Waals surface area (Å²) in [6, 6.07) is 11.6. The van der Waals surface area contributed by atoms with E-state index in [1.54, 1.807) is 14.2 Å². The Labute approximate surface area is 137 Å². The van der Waals surface area contributed by atoms with E-state index in [9.17, 15) is 4.79 Å². The molecule has 0 saturated heterocycles. The van der Waals surface area contributed by atoms with Crippen LogP contribution in [0.5, 0.6) is 11.5 Å². The second-order valence-electron chi connectivity index (χ2n) is 5.56. The van der Waals surface area contributed by atoms with Gasteiger partial charge in [0, 0.05) is 12.1 Å². The molecule has 0 atom stereocenters. The standard InChI is InChI=1S/C19H23NO3/c1-13-9-14(2)17(18(10-13)23-4)12-20-19(21)11-15-5-7-16(22-3)8-6-15/h5-10H,11-12H2,1-4H3,(H,20,21). The number of amides is 1. The van der Waals surface area contributed by atoms with Crippen molar-refractivity contribution in [2.24, 2.45) is 0 Å². The van der Waals surface area contributed by atoms with Gasteiger partial charge in [0.05, 0.1) is 20.6 Å². The van der Waals surface area contributed by atoms with Crippen LogP contribution in [0.2, 0.25) is 0 Å². The molecule has 0 aromatic heterocycles. The molecule has 2 aromatic carbocycles. The number of carbonyl (C=O) groups excluding carboxylic acids is 1. The average molecular weight is 313 g/mol. The van der Waals surface area contributed by atoms with Crippen molar-refractivity contribution in [2.75, 3.05) is 14.2 Å². The monoisotopic (exact) mass is 313 g/mol. The van der Waals surface area contributed by atoms with Crippen LogP contribution < -0.4 is 14.8 Å². The molecule has 4 heteroatoms. The van der Waals surface area contributed by atoms with Crippen LogP contribution in [-0.4, -0.2) is 20.1 Å². The van der Waals surface area contributed by atoms with Crippen LogP contribution in [0.1, 0.15) is 22.3 Å². The van der Waals surface area contributed by atoms with Crippen LogP contribution in [0.4, 0.5) is 0 Å². The topological polar surface area (TPSA) is 47.6 Å². The van der Waals surface area contributed by atoms with Crippen LogP contribution in [0.25, 0.3) is 0 Å². The van der Waals surface area contributed by atoms with Gasteiger partial charge >= 0.3 is 0 Å². The number of benzene rings is 2. The van der Waals surface area contributed by atoms with Crippen molar-refractivity contribution in [2.45, 2.75) is 26.8 Å². The zero-order valence-corrected chi connectivity index (χ0v) is 14.1. The fourth-order valence-electron chi connectivity index (χ4n) is 2.55. The van der Waals surface area contributed by atoms with Gasteiger partial charge in [0.2, 0.25) is 5.91 Å². The third kappa shape index (κ3) is 4.49. The van der Waals surface area contributed by atoms with Gasteiger partial charge in [0.25, 0.3) is 0 Å². The highest BCUT2D eigenvalue weighted by molar-refractivity contribution is 5.78. The van der Waals surface area contributed by atoms with Crippen molar-refractivity contribution >= 4 is 5.91 Å². The van der Waals surface area contributed by atoms with E-state index in [1.807, 2.05) is 44.2 Å². The predicted octanol–water partition coefficient (Wildman–Crippen LogP) is 3.18. The Bertz CT molecular complexity index is 678. The molecule has 0 aliphatic carbocycles. The molecule has 0 bridgehead atoms. The minimum atomic E-state index is -0.0165. The second-order valence-corrected chi connectivity index (χ2v) is 5.56. The van der Waals surface area contributed by atoms with Gasteiger partial charge < -0.3 is 14.8 Å². The summed E-state index contributed by atoms with van der Waals surface area (Å²) in [5.41, 5.74) is 4.23. The summed E-state index contributed by atoms with van der Waals surface area (Å²) in [5.74, 6) is 1.58. The second kappa shape index (κ2) is 7.68. The molecule has 4 nitrogen and oxygen atoms in total. The minimum Gasteiger partial charge on any atom is -0.497 e. The molecule has 2 rings (SSSR count). The Balaban J connectivity index is 1.99. The Morgan fingerprint density at radius 1 is 1.04 bits per heavy atom. The van der Waals surface area contributed by atoms with Crippen LogP contribution in [-0.2, 0) is 17.8 Å². The molecule has 0 unspecified atom stereocenters. The van der Waals surface area contributed by atoms with Crippen molar-refractivity contribution in [3.63, 3.8) is 0 Å². The van der Waals surface area contributed by atoms with E-state index in [1.165, 1.54) is 0 Å². The van der Waals surface area contributed by atoms with Crippen LogP contribution in [0.3, 0.4) is 0 Å². The van der Waals surface area contributed by atoms with E-state index in [4.69, 9.17) is 9.47 Å². The number of methoxy groups -OCH3 is 2. The normalized spacial score (nSPS) is 10.3. The van der Waals surface area contributed by atoms with Gasteiger partial charge in [-0.05, 0) is 48.7 Å². The Morgan fingerprint density at radius 2 is 1.74 bits per heavy atom. The third-order valence-corrected chi connectivity index (χ3v) is 3.78. The highest BCUT2D eigenvalue weighted by Crippen LogP contribution is 2.24.